The smallest absolute Gasteiger partial charge is 0.0212 e. The lowest BCUT2D eigenvalue weighted by molar-refractivity contribution is -0.0638. The summed E-state index contributed by atoms with van der Waals surface area (Å²) >= 11 is 0. The number of fused-ring (bicyclic) bond motifs is 3. The van der Waals surface area contributed by atoms with Gasteiger partial charge in [0, 0.05) is 16.9 Å². The molecule has 0 saturated carbocycles. The van der Waals surface area contributed by atoms with Crippen molar-refractivity contribution in [1.29, 1.82) is 0 Å². The maximum atomic E-state index is 4.76. The molecule has 0 aromatic carbocycles. The molecule has 0 spiro atoms. The number of allylic oxidation sites excluding steroid dienone is 18. The lowest BCUT2D eigenvalue weighted by Crippen LogP contribution is -2.60. The fourth-order valence-corrected chi connectivity index (χ4v) is 8.47. The fraction of sp³-hybridized carbons (Fsp3) is 0.500. The minimum atomic E-state index is -0.235. The van der Waals surface area contributed by atoms with Gasteiger partial charge in [0.05, 0.1) is 0 Å². The van der Waals surface area contributed by atoms with Gasteiger partial charge in [-0.1, -0.05) is 135 Å². The van der Waals surface area contributed by atoms with Crippen molar-refractivity contribution in [3.63, 3.8) is 0 Å². The summed E-state index contributed by atoms with van der Waals surface area (Å²) in [6, 6.07) is 0. The SMILES string of the molecule is C=C/C=C\C(C)(C)CC1(C(C)(C)N(C)C)CC(=C)C(=C)/C=C\C(=C)C(C)(C)C(/C=C\C)C2=C(\C)C3=CCC=C3C(C)(C)C1/C=C\2. The predicted octanol–water partition coefficient (Wildman–Crippen LogP) is 12.1. The molecule has 0 fully saturated rings. The highest BCUT2D eigenvalue weighted by Gasteiger charge is 2.58. The second kappa shape index (κ2) is 13.1. The predicted molar refractivity (Wildman–Crippen MR) is 201 cm³/mol. The van der Waals surface area contributed by atoms with Crippen molar-refractivity contribution in [1.82, 2.24) is 4.90 Å². The third-order valence-electron chi connectivity index (χ3n) is 11.9. The fourth-order valence-electron chi connectivity index (χ4n) is 8.47. The summed E-state index contributed by atoms with van der Waals surface area (Å²) in [6.45, 7) is 41.8. The van der Waals surface area contributed by atoms with Crippen LogP contribution in [0.15, 0.2) is 132 Å². The molecule has 3 unspecified atom stereocenters. The maximum absolute atomic E-state index is 4.76. The number of rotatable bonds is 7. The largest absolute Gasteiger partial charge is 0.304 e. The topological polar surface area (TPSA) is 3.24 Å². The minimum absolute atomic E-state index is 0.0970. The maximum Gasteiger partial charge on any atom is 0.0212 e. The van der Waals surface area contributed by atoms with Crippen LogP contribution in [0.3, 0.4) is 0 Å². The molecule has 0 aromatic heterocycles. The van der Waals surface area contributed by atoms with E-state index in [1.165, 1.54) is 22.3 Å². The molecule has 45 heavy (non-hydrogen) atoms. The van der Waals surface area contributed by atoms with Gasteiger partial charge in [-0.25, -0.2) is 0 Å². The molecule has 0 aromatic rings. The second-order valence-electron chi connectivity index (χ2n) is 16.4. The van der Waals surface area contributed by atoms with Crippen LogP contribution >= 0.6 is 0 Å². The summed E-state index contributed by atoms with van der Waals surface area (Å²) in [5, 5.41) is 0. The van der Waals surface area contributed by atoms with Gasteiger partial charge in [0.2, 0.25) is 0 Å². The van der Waals surface area contributed by atoms with E-state index in [-0.39, 0.29) is 39.0 Å². The molecule has 3 aliphatic rings. The molecule has 2 bridgehead atoms. The molecular formula is C44H63N. The average Bonchev–Trinajstić information content (AvgIpc) is 3.45. The van der Waals surface area contributed by atoms with Gasteiger partial charge in [-0.05, 0) is 122 Å². The standard InChI is InChI=1S/C44H63N/c1-17-19-28-40(7,8)30-44(43(13,14)45(15)16)29-32(4)31(3)24-25-33(5)41(9,10)37(21-18-2)36-26-27-39(44)42(11,12)38-23-20-22-35(38)34(36)6/h17-19,21-28,37,39H,1,3-5,20,29-30H2,2,6-16H3/b21-18-,25-24-,27-26-,28-19-,36-34+. The Kier molecular flexibility index (Phi) is 10.6. The van der Waals surface area contributed by atoms with Crippen LogP contribution in [0, 0.1) is 33.5 Å². The molecular weight excluding hydrogens is 542 g/mol. The van der Waals surface area contributed by atoms with Crippen LogP contribution in [0.25, 0.3) is 0 Å². The van der Waals surface area contributed by atoms with E-state index in [0.29, 0.717) is 0 Å². The first kappa shape index (κ1) is 36.6. The Hall–Kier alpha value is -2.90. The lowest BCUT2D eigenvalue weighted by Gasteiger charge is -2.60. The molecule has 0 heterocycles. The van der Waals surface area contributed by atoms with Gasteiger partial charge in [0.15, 0.2) is 0 Å². The summed E-state index contributed by atoms with van der Waals surface area (Å²) in [6.07, 6.45) is 28.1. The van der Waals surface area contributed by atoms with Crippen LogP contribution in [-0.2, 0) is 0 Å². The van der Waals surface area contributed by atoms with E-state index in [4.69, 9.17) is 6.58 Å². The Morgan fingerprint density at radius 2 is 1.60 bits per heavy atom. The van der Waals surface area contributed by atoms with E-state index in [1.807, 2.05) is 6.08 Å². The Balaban J connectivity index is 2.61. The van der Waals surface area contributed by atoms with E-state index in [1.54, 1.807) is 0 Å². The van der Waals surface area contributed by atoms with Gasteiger partial charge in [0.25, 0.3) is 0 Å². The van der Waals surface area contributed by atoms with E-state index >= 15 is 0 Å². The molecule has 3 aliphatic carbocycles. The molecule has 3 rings (SSSR count). The summed E-state index contributed by atoms with van der Waals surface area (Å²) in [7, 11) is 4.49. The van der Waals surface area contributed by atoms with Crippen LogP contribution < -0.4 is 0 Å². The zero-order valence-electron chi connectivity index (χ0n) is 30.9. The van der Waals surface area contributed by atoms with Crippen molar-refractivity contribution in [3.05, 3.63) is 132 Å². The van der Waals surface area contributed by atoms with Crippen LogP contribution in [0.1, 0.15) is 88.5 Å². The Bertz CT molecular complexity index is 1430. The summed E-state index contributed by atoms with van der Waals surface area (Å²) < 4.78 is 0. The highest BCUT2D eigenvalue weighted by molar-refractivity contribution is 5.59. The third kappa shape index (κ3) is 6.66. The lowest BCUT2D eigenvalue weighted by atomic mass is 9.47. The van der Waals surface area contributed by atoms with Gasteiger partial charge in [-0.15, -0.1) is 0 Å². The summed E-state index contributed by atoms with van der Waals surface area (Å²) in [5.41, 5.74) is 7.90. The van der Waals surface area contributed by atoms with Crippen molar-refractivity contribution in [2.75, 3.05) is 14.1 Å². The summed E-state index contributed by atoms with van der Waals surface area (Å²) in [5.74, 6) is 0.336. The Morgan fingerprint density at radius 3 is 2.18 bits per heavy atom. The molecule has 1 nitrogen and oxygen atoms in total. The first-order valence-corrected chi connectivity index (χ1v) is 16.9. The molecule has 0 amide bonds. The van der Waals surface area contributed by atoms with Crippen molar-refractivity contribution in [2.24, 2.45) is 33.5 Å². The van der Waals surface area contributed by atoms with E-state index in [0.717, 1.165) is 36.0 Å². The zero-order valence-corrected chi connectivity index (χ0v) is 30.9. The van der Waals surface area contributed by atoms with Crippen molar-refractivity contribution in [3.8, 4) is 0 Å². The molecule has 1 heteroatoms. The number of hydrogen-bond donors (Lipinski definition) is 0. The number of nitrogens with zero attached hydrogens (tertiary/aromatic N) is 1. The van der Waals surface area contributed by atoms with Crippen LogP contribution in [-0.4, -0.2) is 24.5 Å². The van der Waals surface area contributed by atoms with Crippen molar-refractivity contribution < 1.29 is 0 Å². The molecule has 0 N–H and O–H groups in total. The molecule has 0 saturated heterocycles. The van der Waals surface area contributed by atoms with E-state index < -0.39 is 0 Å². The average molecular weight is 606 g/mol. The van der Waals surface area contributed by atoms with Gasteiger partial charge >= 0.3 is 0 Å². The van der Waals surface area contributed by atoms with Crippen molar-refractivity contribution in [2.45, 2.75) is 94.0 Å². The van der Waals surface area contributed by atoms with Crippen molar-refractivity contribution >= 4 is 0 Å². The van der Waals surface area contributed by atoms with Crippen LogP contribution in [0.2, 0.25) is 0 Å². The highest BCUT2D eigenvalue weighted by atomic mass is 15.2. The monoisotopic (exact) mass is 605 g/mol. The minimum Gasteiger partial charge on any atom is -0.304 e. The van der Waals surface area contributed by atoms with Crippen LogP contribution in [0.5, 0.6) is 0 Å². The molecule has 3 atom stereocenters. The van der Waals surface area contributed by atoms with Gasteiger partial charge in [-0.2, -0.15) is 0 Å². The first-order chi connectivity index (χ1) is 20.7. The third-order valence-corrected chi connectivity index (χ3v) is 11.9. The first-order valence-electron chi connectivity index (χ1n) is 16.9. The normalized spacial score (nSPS) is 30.7. The van der Waals surface area contributed by atoms with Gasteiger partial charge < -0.3 is 4.90 Å². The molecule has 244 valence electrons. The van der Waals surface area contributed by atoms with E-state index in [2.05, 4.69) is 169 Å². The highest BCUT2D eigenvalue weighted by Crippen LogP contribution is 2.62. The van der Waals surface area contributed by atoms with E-state index in [9.17, 15) is 0 Å². The zero-order chi connectivity index (χ0) is 34.2. The van der Waals surface area contributed by atoms with Gasteiger partial charge in [-0.3, -0.25) is 0 Å². The summed E-state index contributed by atoms with van der Waals surface area (Å²) in [4.78, 5) is 2.45. The number of hydrogen-bond acceptors (Lipinski definition) is 1. The van der Waals surface area contributed by atoms with Gasteiger partial charge in [0.1, 0.15) is 0 Å². The quantitative estimate of drug-likeness (QED) is 0.206. The Labute approximate surface area is 278 Å². The molecule has 0 radical (unpaired) electrons. The molecule has 0 aliphatic heterocycles. The van der Waals surface area contributed by atoms with Crippen LogP contribution in [0.4, 0.5) is 0 Å². The Morgan fingerprint density at radius 1 is 0.956 bits per heavy atom. The second-order valence-corrected chi connectivity index (χ2v) is 16.4.